The minimum absolute atomic E-state index is 0.226. The number of carbonyl (C=O) groups excluding carboxylic acids is 2. The summed E-state index contributed by atoms with van der Waals surface area (Å²) in [5.74, 6) is -1.77. The molecule has 1 N–H and O–H groups in total. The van der Waals surface area contributed by atoms with Crippen LogP contribution in [0.15, 0.2) is 24.3 Å². The number of esters is 1. The third kappa shape index (κ3) is 5.71. The minimum atomic E-state index is -4.79. The average Bonchev–Trinajstić information content (AvgIpc) is 3.02. The van der Waals surface area contributed by atoms with Crippen LogP contribution in [0.3, 0.4) is 0 Å². The van der Waals surface area contributed by atoms with Crippen LogP contribution in [0.2, 0.25) is 0 Å². The number of anilines is 1. The lowest BCUT2D eigenvalue weighted by molar-refractivity contribution is -0.274. The van der Waals surface area contributed by atoms with Crippen molar-refractivity contribution in [3.8, 4) is 5.75 Å². The average molecular weight is 375 g/mol. The molecular formula is C14H12F3N3O4S. The van der Waals surface area contributed by atoms with Gasteiger partial charge in [0.15, 0.2) is 11.5 Å². The van der Waals surface area contributed by atoms with Crippen molar-refractivity contribution in [1.82, 2.24) is 9.59 Å². The Balaban J connectivity index is 1.85. The number of aryl methyl sites for hydroxylation is 1. The molecule has 2 rings (SSSR count). The van der Waals surface area contributed by atoms with Crippen LogP contribution in [0.25, 0.3) is 0 Å². The van der Waals surface area contributed by atoms with E-state index in [0.717, 1.165) is 23.7 Å². The first kappa shape index (κ1) is 18.6. The van der Waals surface area contributed by atoms with Gasteiger partial charge in [-0.15, -0.1) is 18.3 Å². The molecule has 0 aliphatic rings. The topological polar surface area (TPSA) is 90.4 Å². The number of aromatic nitrogens is 2. The maximum atomic E-state index is 12.1. The molecule has 0 saturated carbocycles. The first-order valence-electron chi connectivity index (χ1n) is 6.92. The molecule has 25 heavy (non-hydrogen) atoms. The van der Waals surface area contributed by atoms with Gasteiger partial charge in [0.1, 0.15) is 5.75 Å². The van der Waals surface area contributed by atoms with Gasteiger partial charge in [-0.05, 0) is 42.2 Å². The number of alkyl halides is 3. The Morgan fingerprint density at radius 2 is 1.92 bits per heavy atom. The molecule has 0 saturated heterocycles. The fourth-order valence-electron chi connectivity index (χ4n) is 1.73. The quantitative estimate of drug-likeness (QED) is 0.781. The molecule has 2 aromatic rings. The summed E-state index contributed by atoms with van der Waals surface area (Å²) < 4.78 is 48.4. The predicted molar refractivity (Wildman–Crippen MR) is 81.3 cm³/mol. The van der Waals surface area contributed by atoms with Crippen LogP contribution in [0, 0.1) is 0 Å². The van der Waals surface area contributed by atoms with Crippen molar-refractivity contribution in [3.05, 3.63) is 34.8 Å². The highest BCUT2D eigenvalue weighted by atomic mass is 32.1. The highest BCUT2D eigenvalue weighted by Gasteiger charge is 2.31. The maximum absolute atomic E-state index is 12.1. The molecule has 134 valence electrons. The largest absolute Gasteiger partial charge is 0.573 e. The number of ether oxygens (including phenoxy) is 2. The Morgan fingerprint density at radius 3 is 2.52 bits per heavy atom. The summed E-state index contributed by atoms with van der Waals surface area (Å²) in [5.41, 5.74) is 0.708. The highest BCUT2D eigenvalue weighted by Crippen LogP contribution is 2.23. The number of nitrogens with zero attached hydrogens (tertiary/aromatic N) is 2. The van der Waals surface area contributed by atoms with Gasteiger partial charge < -0.3 is 14.8 Å². The Kier molecular flexibility index (Phi) is 5.91. The van der Waals surface area contributed by atoms with Crippen molar-refractivity contribution in [2.45, 2.75) is 19.7 Å². The molecule has 0 fully saturated rings. The zero-order chi connectivity index (χ0) is 18.4. The number of benzene rings is 1. The summed E-state index contributed by atoms with van der Waals surface area (Å²) in [6.45, 7) is 1.24. The van der Waals surface area contributed by atoms with Gasteiger partial charge in [-0.2, -0.15) is 0 Å². The highest BCUT2D eigenvalue weighted by molar-refractivity contribution is 7.07. The molecule has 1 aromatic carbocycles. The summed E-state index contributed by atoms with van der Waals surface area (Å²) in [6.07, 6.45) is -4.29. The zero-order valence-corrected chi connectivity index (χ0v) is 13.6. The Labute approximate surface area is 143 Å². The van der Waals surface area contributed by atoms with Crippen LogP contribution in [0.4, 0.5) is 18.9 Å². The lowest BCUT2D eigenvalue weighted by Crippen LogP contribution is -2.21. The predicted octanol–water partition coefficient (Wildman–Crippen LogP) is 2.79. The van der Waals surface area contributed by atoms with Crippen LogP contribution >= 0.6 is 11.5 Å². The maximum Gasteiger partial charge on any atom is 0.573 e. The summed E-state index contributed by atoms with van der Waals surface area (Å²) in [7, 11) is 0. The van der Waals surface area contributed by atoms with Crippen molar-refractivity contribution < 1.29 is 32.2 Å². The van der Waals surface area contributed by atoms with Crippen molar-refractivity contribution in [1.29, 1.82) is 0 Å². The van der Waals surface area contributed by atoms with Crippen molar-refractivity contribution in [2.24, 2.45) is 0 Å². The number of hydrogen-bond acceptors (Lipinski definition) is 7. The second-order valence-corrected chi connectivity index (χ2v) is 5.35. The molecule has 1 aromatic heterocycles. The van der Waals surface area contributed by atoms with E-state index < -0.39 is 30.6 Å². The second-order valence-electron chi connectivity index (χ2n) is 4.60. The van der Waals surface area contributed by atoms with Gasteiger partial charge in [-0.1, -0.05) is 11.4 Å². The monoisotopic (exact) mass is 375 g/mol. The molecular weight excluding hydrogens is 363 g/mol. The van der Waals surface area contributed by atoms with E-state index in [1.807, 2.05) is 0 Å². The van der Waals surface area contributed by atoms with Crippen LogP contribution in [-0.4, -0.2) is 34.4 Å². The number of nitrogens with one attached hydrogen (secondary N) is 1. The number of hydrogen-bond donors (Lipinski definition) is 1. The Morgan fingerprint density at radius 1 is 1.24 bits per heavy atom. The smallest absolute Gasteiger partial charge is 0.451 e. The number of amides is 1. The first-order valence-corrected chi connectivity index (χ1v) is 7.70. The van der Waals surface area contributed by atoms with E-state index in [4.69, 9.17) is 4.74 Å². The number of carbonyl (C=O) groups is 2. The molecule has 0 bridgehead atoms. The van der Waals surface area contributed by atoms with E-state index in [9.17, 15) is 22.8 Å². The number of halogens is 3. The van der Waals surface area contributed by atoms with Crippen LogP contribution < -0.4 is 10.1 Å². The summed E-state index contributed by atoms with van der Waals surface area (Å²) in [4.78, 5) is 23.8. The van der Waals surface area contributed by atoms with Gasteiger partial charge in [0.05, 0.1) is 5.69 Å². The van der Waals surface area contributed by atoms with Crippen molar-refractivity contribution in [2.75, 3.05) is 11.9 Å². The molecule has 0 aliphatic heterocycles. The van der Waals surface area contributed by atoms with E-state index in [0.29, 0.717) is 12.1 Å². The molecule has 0 unspecified atom stereocenters. The van der Waals surface area contributed by atoms with Gasteiger partial charge in [-0.25, -0.2) is 4.79 Å². The van der Waals surface area contributed by atoms with Crippen LogP contribution in [0.1, 0.15) is 22.3 Å². The molecule has 1 amide bonds. The third-order valence-corrected chi connectivity index (χ3v) is 3.53. The third-order valence-electron chi connectivity index (χ3n) is 2.78. The van der Waals surface area contributed by atoms with E-state index in [1.54, 1.807) is 6.92 Å². The first-order chi connectivity index (χ1) is 11.8. The van der Waals surface area contributed by atoms with Crippen molar-refractivity contribution >= 4 is 29.1 Å². The molecule has 1 heterocycles. The van der Waals surface area contributed by atoms with Crippen LogP contribution in [0.5, 0.6) is 5.75 Å². The fourth-order valence-corrected chi connectivity index (χ4v) is 2.37. The minimum Gasteiger partial charge on any atom is -0.451 e. The summed E-state index contributed by atoms with van der Waals surface area (Å²) >= 11 is 0.871. The van der Waals surface area contributed by atoms with Gasteiger partial charge in [-0.3, -0.25) is 4.79 Å². The van der Waals surface area contributed by atoms with Crippen molar-refractivity contribution in [3.63, 3.8) is 0 Å². The lowest BCUT2D eigenvalue weighted by atomic mass is 10.3. The molecule has 0 radical (unpaired) electrons. The van der Waals surface area contributed by atoms with Gasteiger partial charge >= 0.3 is 12.3 Å². The molecule has 0 spiro atoms. The zero-order valence-electron chi connectivity index (χ0n) is 12.8. The Bertz CT molecular complexity index is 747. The van der Waals surface area contributed by atoms with Gasteiger partial charge in [0, 0.05) is 5.69 Å². The van der Waals surface area contributed by atoms with E-state index in [1.165, 1.54) is 12.1 Å². The van der Waals surface area contributed by atoms with E-state index in [2.05, 4.69) is 19.6 Å². The standard InChI is InChI=1S/C14H12F3N3O4S/c1-2-10-12(25-20-19-10)13(22)23-7-11(21)18-8-3-5-9(6-4-8)24-14(15,16)17/h3-6H,2,7H2,1H3,(H,18,21). The Hall–Kier alpha value is -2.69. The van der Waals surface area contributed by atoms with Gasteiger partial charge in [0.25, 0.3) is 5.91 Å². The molecule has 0 aliphatic carbocycles. The van der Waals surface area contributed by atoms with E-state index in [-0.39, 0.29) is 10.6 Å². The molecule has 11 heteroatoms. The van der Waals surface area contributed by atoms with Gasteiger partial charge in [0.2, 0.25) is 0 Å². The summed E-state index contributed by atoms with van der Waals surface area (Å²) in [6, 6.07) is 4.55. The fraction of sp³-hybridized carbons (Fsp3) is 0.286. The summed E-state index contributed by atoms with van der Waals surface area (Å²) in [5, 5.41) is 6.14. The van der Waals surface area contributed by atoms with Crippen LogP contribution in [-0.2, 0) is 16.0 Å². The van der Waals surface area contributed by atoms with E-state index >= 15 is 0 Å². The molecule has 0 atom stereocenters. The normalized spacial score (nSPS) is 11.0. The number of rotatable bonds is 6. The lowest BCUT2D eigenvalue weighted by Gasteiger charge is -2.10. The second kappa shape index (κ2) is 7.92. The molecule has 7 nitrogen and oxygen atoms in total. The SMILES string of the molecule is CCc1nnsc1C(=O)OCC(=O)Nc1ccc(OC(F)(F)F)cc1.